The number of benzene rings is 2. The van der Waals surface area contributed by atoms with Gasteiger partial charge in [-0.25, -0.2) is 4.79 Å². The van der Waals surface area contributed by atoms with Gasteiger partial charge in [0.15, 0.2) is 0 Å². The van der Waals surface area contributed by atoms with Crippen LogP contribution >= 0.6 is 11.6 Å². The lowest BCUT2D eigenvalue weighted by molar-refractivity contribution is 0.313. The van der Waals surface area contributed by atoms with Crippen molar-refractivity contribution in [3.8, 4) is 11.1 Å². The highest BCUT2D eigenvalue weighted by Crippen LogP contribution is 2.32. The van der Waals surface area contributed by atoms with E-state index in [2.05, 4.69) is 22.9 Å². The molecule has 1 saturated heterocycles. The lowest BCUT2D eigenvalue weighted by Crippen LogP contribution is -2.44. The van der Waals surface area contributed by atoms with Crippen LogP contribution in [0.5, 0.6) is 0 Å². The molecule has 2 aromatic carbocycles. The summed E-state index contributed by atoms with van der Waals surface area (Å²) in [6.45, 7) is 5.97. The van der Waals surface area contributed by atoms with Crippen LogP contribution in [0.1, 0.15) is 5.56 Å². The second-order valence-electron chi connectivity index (χ2n) is 6.84. The SMILES string of the molecule is Cc1c(-c2ccccc2Cl)c(=O)oc2cc(N3CCN(C)CC3)ccc12. The largest absolute Gasteiger partial charge is 0.422 e. The number of hydrogen-bond donors (Lipinski definition) is 0. The topological polar surface area (TPSA) is 36.7 Å². The van der Waals surface area contributed by atoms with Crippen LogP contribution in [0.4, 0.5) is 5.69 Å². The molecule has 4 nitrogen and oxygen atoms in total. The van der Waals surface area contributed by atoms with Gasteiger partial charge in [-0.05, 0) is 37.7 Å². The van der Waals surface area contributed by atoms with Crippen LogP contribution in [0, 0.1) is 6.92 Å². The van der Waals surface area contributed by atoms with E-state index >= 15 is 0 Å². The molecule has 1 fully saturated rings. The molecule has 1 aliphatic rings. The zero-order valence-electron chi connectivity index (χ0n) is 15.0. The molecule has 0 amide bonds. The Morgan fingerprint density at radius 3 is 2.50 bits per heavy atom. The molecule has 1 aromatic heterocycles. The van der Waals surface area contributed by atoms with E-state index in [1.54, 1.807) is 6.07 Å². The van der Waals surface area contributed by atoms with Gasteiger partial charge in [-0.2, -0.15) is 0 Å². The number of piperazine rings is 1. The first kappa shape index (κ1) is 17.1. The van der Waals surface area contributed by atoms with Crippen molar-refractivity contribution in [3.05, 3.63) is 63.5 Å². The van der Waals surface area contributed by atoms with Crippen LogP contribution in [-0.2, 0) is 0 Å². The van der Waals surface area contributed by atoms with Gasteiger partial charge in [0.25, 0.3) is 0 Å². The van der Waals surface area contributed by atoms with Crippen molar-refractivity contribution in [3.63, 3.8) is 0 Å². The molecule has 1 aliphatic heterocycles. The van der Waals surface area contributed by atoms with E-state index in [0.29, 0.717) is 21.7 Å². The fraction of sp³-hybridized carbons (Fsp3) is 0.286. The Morgan fingerprint density at radius 2 is 1.77 bits per heavy atom. The third-order valence-corrected chi connectivity index (χ3v) is 5.49. The summed E-state index contributed by atoms with van der Waals surface area (Å²) in [6, 6.07) is 13.5. The Hall–Kier alpha value is -2.30. The molecular weight excluding hydrogens is 348 g/mol. The van der Waals surface area contributed by atoms with E-state index in [1.165, 1.54) is 0 Å². The average molecular weight is 369 g/mol. The van der Waals surface area contributed by atoms with Crippen LogP contribution in [-0.4, -0.2) is 38.1 Å². The fourth-order valence-corrected chi connectivity index (χ4v) is 3.81. The Bertz CT molecular complexity index is 1020. The highest BCUT2D eigenvalue weighted by atomic mass is 35.5. The summed E-state index contributed by atoms with van der Waals surface area (Å²) in [5.41, 5.74) is 3.52. The van der Waals surface area contributed by atoms with E-state index in [4.69, 9.17) is 16.0 Å². The van der Waals surface area contributed by atoms with Gasteiger partial charge in [-0.1, -0.05) is 29.8 Å². The van der Waals surface area contributed by atoms with Gasteiger partial charge in [-0.3, -0.25) is 0 Å². The van der Waals surface area contributed by atoms with Gasteiger partial charge >= 0.3 is 5.63 Å². The zero-order chi connectivity index (χ0) is 18.3. The summed E-state index contributed by atoms with van der Waals surface area (Å²) < 4.78 is 5.68. The Balaban J connectivity index is 1.81. The standard InChI is InChI=1S/C21H21ClN2O2/c1-14-16-8-7-15(24-11-9-23(2)10-12-24)13-19(16)26-21(25)20(14)17-5-3-4-6-18(17)22/h3-8,13H,9-12H2,1-2H3. The number of halogens is 1. The maximum Gasteiger partial charge on any atom is 0.344 e. The number of rotatable bonds is 2. The number of fused-ring (bicyclic) bond motifs is 1. The third kappa shape index (κ3) is 3.00. The smallest absolute Gasteiger partial charge is 0.344 e. The summed E-state index contributed by atoms with van der Waals surface area (Å²) >= 11 is 6.30. The second kappa shape index (κ2) is 6.78. The molecule has 134 valence electrons. The van der Waals surface area contributed by atoms with E-state index in [0.717, 1.165) is 42.8 Å². The molecule has 0 bridgehead atoms. The summed E-state index contributed by atoms with van der Waals surface area (Å²) in [5, 5.41) is 1.49. The van der Waals surface area contributed by atoms with Crippen molar-refractivity contribution in [1.29, 1.82) is 0 Å². The summed E-state index contributed by atoms with van der Waals surface area (Å²) in [7, 11) is 2.14. The molecule has 0 unspecified atom stereocenters. The first-order valence-corrected chi connectivity index (χ1v) is 9.18. The van der Waals surface area contributed by atoms with E-state index in [-0.39, 0.29) is 5.63 Å². The molecule has 0 spiro atoms. The van der Waals surface area contributed by atoms with E-state index < -0.39 is 0 Å². The molecule has 2 heterocycles. The van der Waals surface area contributed by atoms with Crippen molar-refractivity contribution in [2.45, 2.75) is 6.92 Å². The highest BCUT2D eigenvalue weighted by molar-refractivity contribution is 6.33. The maximum absolute atomic E-state index is 12.7. The van der Waals surface area contributed by atoms with Crippen LogP contribution in [0.3, 0.4) is 0 Å². The first-order chi connectivity index (χ1) is 12.5. The molecule has 0 aliphatic carbocycles. The van der Waals surface area contributed by atoms with E-state index in [1.807, 2.05) is 37.3 Å². The van der Waals surface area contributed by atoms with Gasteiger partial charge in [0, 0.05) is 53.9 Å². The molecule has 0 atom stereocenters. The van der Waals surface area contributed by atoms with Crippen molar-refractivity contribution in [2.24, 2.45) is 0 Å². The molecule has 0 saturated carbocycles. The molecule has 0 radical (unpaired) electrons. The molecule has 26 heavy (non-hydrogen) atoms. The van der Waals surface area contributed by atoms with Crippen LogP contribution in [0.25, 0.3) is 22.1 Å². The Morgan fingerprint density at radius 1 is 1.04 bits per heavy atom. The minimum atomic E-state index is -0.348. The van der Waals surface area contributed by atoms with Gasteiger partial charge in [0.1, 0.15) is 5.58 Å². The van der Waals surface area contributed by atoms with Gasteiger partial charge < -0.3 is 14.2 Å². The average Bonchev–Trinajstić information content (AvgIpc) is 2.63. The van der Waals surface area contributed by atoms with Crippen molar-refractivity contribution in [2.75, 3.05) is 38.1 Å². The predicted molar refractivity (Wildman–Crippen MR) is 107 cm³/mol. The van der Waals surface area contributed by atoms with Crippen LogP contribution in [0.15, 0.2) is 51.7 Å². The molecular formula is C21H21ClN2O2. The van der Waals surface area contributed by atoms with Gasteiger partial charge in [-0.15, -0.1) is 0 Å². The molecule has 0 N–H and O–H groups in total. The normalized spacial score (nSPS) is 15.6. The number of hydrogen-bond acceptors (Lipinski definition) is 4. The van der Waals surface area contributed by atoms with Crippen LogP contribution in [0.2, 0.25) is 5.02 Å². The number of nitrogens with zero attached hydrogens (tertiary/aromatic N) is 2. The number of aryl methyl sites for hydroxylation is 1. The number of likely N-dealkylation sites (N-methyl/N-ethyl adjacent to an activating group) is 1. The van der Waals surface area contributed by atoms with Crippen molar-refractivity contribution < 1.29 is 4.42 Å². The minimum absolute atomic E-state index is 0.348. The Kier molecular flexibility index (Phi) is 4.47. The summed E-state index contributed by atoms with van der Waals surface area (Å²) in [5.74, 6) is 0. The lowest BCUT2D eigenvalue weighted by Gasteiger charge is -2.34. The quantitative estimate of drug-likeness (QED) is 0.636. The zero-order valence-corrected chi connectivity index (χ0v) is 15.7. The monoisotopic (exact) mass is 368 g/mol. The molecule has 4 rings (SSSR count). The maximum atomic E-state index is 12.7. The minimum Gasteiger partial charge on any atom is -0.422 e. The van der Waals surface area contributed by atoms with Crippen LogP contribution < -0.4 is 10.5 Å². The third-order valence-electron chi connectivity index (χ3n) is 5.16. The Labute approximate surface area is 157 Å². The first-order valence-electron chi connectivity index (χ1n) is 8.80. The molecule has 5 heteroatoms. The van der Waals surface area contributed by atoms with Crippen molar-refractivity contribution >= 4 is 28.3 Å². The lowest BCUT2D eigenvalue weighted by atomic mass is 9.99. The highest BCUT2D eigenvalue weighted by Gasteiger charge is 2.18. The summed E-state index contributed by atoms with van der Waals surface area (Å²) in [4.78, 5) is 17.3. The fourth-order valence-electron chi connectivity index (χ4n) is 3.58. The number of anilines is 1. The van der Waals surface area contributed by atoms with Gasteiger partial charge in [0.05, 0.1) is 5.56 Å². The van der Waals surface area contributed by atoms with Crippen molar-refractivity contribution in [1.82, 2.24) is 4.90 Å². The predicted octanol–water partition coefficient (Wildman–Crippen LogP) is 4.17. The second-order valence-corrected chi connectivity index (χ2v) is 7.25. The van der Waals surface area contributed by atoms with E-state index in [9.17, 15) is 4.79 Å². The molecule has 3 aromatic rings. The summed E-state index contributed by atoms with van der Waals surface area (Å²) in [6.07, 6.45) is 0. The van der Waals surface area contributed by atoms with Gasteiger partial charge in [0.2, 0.25) is 0 Å².